The average molecular weight is 1820 g/mol. The van der Waals surface area contributed by atoms with E-state index in [-0.39, 0.29) is 0 Å². The molecule has 21 aromatic rings. The van der Waals surface area contributed by atoms with Crippen molar-refractivity contribution in [3.05, 3.63) is 305 Å². The second kappa shape index (κ2) is 27.5. The minimum absolute atomic E-state index is 0.475. The first-order valence-corrected chi connectivity index (χ1v) is 43.7. The quantitative estimate of drug-likeness (QED) is 0.153. The van der Waals surface area contributed by atoms with E-state index in [1.165, 1.54) is 36.4 Å². The van der Waals surface area contributed by atoms with Gasteiger partial charge in [-0.1, -0.05) is 162 Å². The van der Waals surface area contributed by atoms with Gasteiger partial charge in [-0.25, -0.2) is 29.9 Å². The number of hydrogen-bond donors (Lipinski definition) is 0. The molecule has 0 fully saturated rings. The van der Waals surface area contributed by atoms with Gasteiger partial charge in [-0.05, 0) is 212 Å². The summed E-state index contributed by atoms with van der Waals surface area (Å²) in [4.78, 5) is 42.5. The third-order valence-electron chi connectivity index (χ3n) is 21.5. The first-order chi connectivity index (χ1) is 59.1. The van der Waals surface area contributed by atoms with Crippen LogP contribution in [-0.4, -0.2) is 29.9 Å². The van der Waals surface area contributed by atoms with Gasteiger partial charge >= 0.3 is 0 Å². The summed E-state index contributed by atoms with van der Waals surface area (Å²) >= 11 is 17.9. The highest BCUT2D eigenvalue weighted by Gasteiger charge is 2.41. The Morgan fingerprint density at radius 1 is 0.258 bits per heavy atom. The average Bonchev–Trinajstić information content (AvgIpc) is 1.54. The number of aromatic nitrogens is 6. The van der Waals surface area contributed by atoms with Gasteiger partial charge in [0.1, 0.15) is 44.0 Å². The van der Waals surface area contributed by atoms with Gasteiger partial charge in [0.15, 0.2) is 62.4 Å². The molecule has 0 bridgehead atoms. The Labute approximate surface area is 722 Å². The van der Waals surface area contributed by atoms with Gasteiger partial charge in [0.05, 0.1) is 71.6 Å². The number of nitrogens with zero attached hydrogens (tertiary/aromatic N) is 9. The Morgan fingerprint density at radius 2 is 0.708 bits per heavy atom. The fourth-order valence-corrected chi connectivity index (χ4v) is 21.9. The zero-order valence-corrected chi connectivity index (χ0v) is 69.8. The van der Waals surface area contributed by atoms with Crippen LogP contribution in [-0.2, 0) is 0 Å². The summed E-state index contributed by atoms with van der Waals surface area (Å²) in [6, 6.07) is 97.3. The molecule has 0 saturated carbocycles. The van der Waals surface area contributed by atoms with E-state index in [0.717, 1.165) is 168 Å². The van der Waals surface area contributed by atoms with Crippen LogP contribution < -0.4 is 28.9 Å². The summed E-state index contributed by atoms with van der Waals surface area (Å²) in [6.07, 6.45) is 0. The van der Waals surface area contributed by atoms with Gasteiger partial charge < -0.3 is 46.1 Å². The SMILES string of the molecule is Brc1ccc2c(c1)Oc1c(-c3nc4ccccc4o3)ccc3c1N2c1cccc(-c2nc4ccccc4o2)c1O3.Brc1ccc2c(c1)Oc1cc(-c3nc4ccccc4o3)cc3c1N2c1ccc(-c2nc4ccccc4o2)cc1S3.Brc1ccc2c(c1)Sc1c(-c3nc4ccccc4o3)ccc3c1N2c1ccc(-c2nc4ccccc4s2)cc1S3. The van der Waals surface area contributed by atoms with Crippen molar-refractivity contribution in [2.24, 2.45) is 0 Å². The first-order valence-electron chi connectivity index (χ1n) is 38.0. The van der Waals surface area contributed by atoms with Crippen LogP contribution in [0, 0.1) is 0 Å². The highest BCUT2D eigenvalue weighted by Crippen LogP contribution is 2.67. The largest absolute Gasteiger partial charge is 0.453 e. The standard InChI is InChI=1S/C32H16BrN3O4.C32H16BrN3O3S.C32H16BrN3OS3/c33-17-12-14-22-27(16-17)38-30-19(32-35-21-8-2-4-11-25(21)40-32)13-15-26-28(30)36(22)23-9-5-6-18(29(23)37-26)31-34-20-7-1-3-10-24(20)39-31;33-19-10-12-22-26(16-19)37-27-13-18(32-35-21-6-2-4-8-25(21)39-32)15-29-30(27)36(22)23-11-9-17(14-28(23)40-29)31-34-20-5-1-3-7-24(20)38-31;33-18-10-13-23-28(16-18)39-30-19(31-34-20-5-1-3-7-24(20)37-31)11-14-26-29(30)36(23)22-12-9-17(15-27(22)38-26)32-35-21-6-2-4-8-25(21)40-32/h3*1-16H. The molecular weight excluding hydrogens is 1780 g/mol. The van der Waals surface area contributed by atoms with Crippen molar-refractivity contribution in [1.82, 2.24) is 29.9 Å². The lowest BCUT2D eigenvalue weighted by molar-refractivity contribution is 0.445. The Hall–Kier alpha value is -13.2. The van der Waals surface area contributed by atoms with Gasteiger partial charge in [-0.3, -0.25) is 4.90 Å². The van der Waals surface area contributed by atoms with Crippen molar-refractivity contribution in [3.63, 3.8) is 0 Å². The molecule has 6 aromatic heterocycles. The van der Waals surface area contributed by atoms with Crippen LogP contribution >= 0.6 is 94.4 Å². The molecule has 0 radical (unpaired) electrons. The maximum Gasteiger partial charge on any atom is 0.231 e. The zero-order chi connectivity index (χ0) is 79.1. The number of fused-ring (bicyclic) bond motifs is 18. The predicted octanol–water partition coefficient (Wildman–Crippen LogP) is 30.8. The van der Waals surface area contributed by atoms with Gasteiger partial charge in [-0.15, -0.1) is 11.3 Å². The van der Waals surface area contributed by atoms with E-state index in [1.54, 1.807) is 34.9 Å². The number of benzene rings is 15. The minimum atomic E-state index is 0.475. The Kier molecular flexibility index (Phi) is 16.0. The Balaban J connectivity index is 0.0000000997. The van der Waals surface area contributed by atoms with Crippen LogP contribution in [0.25, 0.3) is 134 Å². The van der Waals surface area contributed by atoms with E-state index in [2.05, 4.69) is 160 Å². The molecule has 24 heteroatoms. The van der Waals surface area contributed by atoms with Crippen LogP contribution in [0.4, 0.5) is 51.2 Å². The molecule has 6 aliphatic rings. The molecule has 0 N–H and O–H groups in total. The van der Waals surface area contributed by atoms with Gasteiger partial charge in [-0.2, -0.15) is 0 Å². The van der Waals surface area contributed by atoms with Gasteiger partial charge in [0.25, 0.3) is 0 Å². The molecule has 27 rings (SSSR count). The van der Waals surface area contributed by atoms with E-state index < -0.39 is 0 Å². The molecular formula is C96H48Br3N9O8S4. The van der Waals surface area contributed by atoms with E-state index in [9.17, 15) is 0 Å². The van der Waals surface area contributed by atoms with E-state index in [0.29, 0.717) is 58.0 Å². The number of halogens is 3. The van der Waals surface area contributed by atoms with Gasteiger partial charge in [0.2, 0.25) is 29.5 Å². The molecule has 120 heavy (non-hydrogen) atoms. The van der Waals surface area contributed by atoms with E-state index in [4.69, 9.17) is 66.2 Å². The zero-order valence-electron chi connectivity index (χ0n) is 61.8. The van der Waals surface area contributed by atoms with Crippen molar-refractivity contribution in [3.8, 4) is 102 Å². The smallest absolute Gasteiger partial charge is 0.231 e. The molecule has 0 unspecified atom stereocenters. The van der Waals surface area contributed by atoms with Crippen LogP contribution in [0.5, 0.6) is 34.5 Å². The molecule has 12 heterocycles. The van der Waals surface area contributed by atoms with Crippen LogP contribution in [0.2, 0.25) is 0 Å². The van der Waals surface area contributed by atoms with Crippen LogP contribution in [0.1, 0.15) is 0 Å². The van der Waals surface area contributed by atoms with Crippen molar-refractivity contribution < 1.29 is 36.3 Å². The minimum Gasteiger partial charge on any atom is -0.453 e. The highest BCUT2D eigenvalue weighted by molar-refractivity contribution is 9.11. The number of thiazole rings is 1. The molecule has 15 aromatic carbocycles. The molecule has 0 saturated heterocycles. The van der Waals surface area contributed by atoms with Crippen LogP contribution in [0.15, 0.2) is 356 Å². The monoisotopic (exact) mass is 1820 g/mol. The lowest BCUT2D eigenvalue weighted by Crippen LogP contribution is -2.21. The van der Waals surface area contributed by atoms with Crippen molar-refractivity contribution >= 4 is 211 Å². The molecule has 6 aliphatic heterocycles. The second-order valence-electron chi connectivity index (χ2n) is 28.8. The normalized spacial score (nSPS) is 13.2. The first kappa shape index (κ1) is 69.9. The van der Waals surface area contributed by atoms with E-state index in [1.807, 2.05) is 206 Å². The summed E-state index contributed by atoms with van der Waals surface area (Å²) in [5.41, 5.74) is 23.4. The van der Waals surface area contributed by atoms with Gasteiger partial charge in [0, 0.05) is 54.6 Å². The fraction of sp³-hybridized carbons (Fsp3) is 0. The fourth-order valence-electron chi connectivity index (χ4n) is 16.1. The van der Waals surface area contributed by atoms with Crippen molar-refractivity contribution in [1.29, 1.82) is 0 Å². The number of oxazole rings is 5. The summed E-state index contributed by atoms with van der Waals surface area (Å²) in [5, 5.41) is 1.04. The number of ether oxygens (including phenoxy) is 3. The topological polar surface area (TPSA) is 180 Å². The summed E-state index contributed by atoms with van der Waals surface area (Å²) < 4.78 is 54.6. The molecule has 0 atom stereocenters. The molecule has 0 amide bonds. The van der Waals surface area contributed by atoms with E-state index >= 15 is 0 Å². The number of rotatable bonds is 6. The van der Waals surface area contributed by atoms with Crippen molar-refractivity contribution in [2.45, 2.75) is 29.4 Å². The highest BCUT2D eigenvalue weighted by atomic mass is 79.9. The Morgan fingerprint density at radius 3 is 1.32 bits per heavy atom. The maximum atomic E-state index is 6.61. The molecule has 0 aliphatic carbocycles. The number of hydrogen-bond acceptors (Lipinski definition) is 21. The third-order valence-corrected chi connectivity index (χ3v) is 27.4. The molecule has 0 spiro atoms. The molecule has 570 valence electrons. The maximum absolute atomic E-state index is 6.61. The molecule has 17 nitrogen and oxygen atoms in total. The lowest BCUT2D eigenvalue weighted by atomic mass is 10.0. The summed E-state index contributed by atoms with van der Waals surface area (Å²) in [5.74, 6) is 6.88. The van der Waals surface area contributed by atoms with Crippen LogP contribution in [0.3, 0.4) is 0 Å². The Bertz CT molecular complexity index is 7780. The third kappa shape index (κ3) is 11.5. The second-order valence-corrected chi connectivity index (χ2v) is 35.8. The van der Waals surface area contributed by atoms with Crippen molar-refractivity contribution in [2.75, 3.05) is 14.7 Å². The number of anilines is 9. The predicted molar refractivity (Wildman–Crippen MR) is 483 cm³/mol. The summed E-state index contributed by atoms with van der Waals surface area (Å²) in [7, 11) is 0. The lowest BCUT2D eigenvalue weighted by Gasteiger charge is -2.39. The summed E-state index contributed by atoms with van der Waals surface area (Å²) in [6.45, 7) is 0. The number of para-hydroxylation sites is 12.